The second-order valence-corrected chi connectivity index (χ2v) is 7.48. The Balaban J connectivity index is 2.27. The molecule has 2 aliphatic rings. The fourth-order valence-corrected chi connectivity index (χ4v) is 5.26. The highest BCUT2D eigenvalue weighted by Crippen LogP contribution is 2.65. The minimum Gasteiger partial charge on any atom is -0.392 e. The van der Waals surface area contributed by atoms with E-state index in [-0.39, 0.29) is 16.9 Å². The number of rotatable bonds is 3. The summed E-state index contributed by atoms with van der Waals surface area (Å²) in [5.74, 6) is 2.06. The molecule has 0 spiro atoms. The largest absolute Gasteiger partial charge is 0.392 e. The van der Waals surface area contributed by atoms with E-state index in [4.69, 9.17) is 0 Å². The average molecular weight is 230 g/mol. The van der Waals surface area contributed by atoms with Crippen LogP contribution in [0.3, 0.4) is 0 Å². The fourth-order valence-electron chi connectivity index (χ4n) is 3.77. The van der Waals surface area contributed by atoms with Crippen LogP contribution in [0, 0.1) is 16.7 Å². The molecule has 88 valence electrons. The van der Waals surface area contributed by atoms with Gasteiger partial charge in [-0.25, -0.2) is 0 Å². The lowest BCUT2D eigenvalue weighted by atomic mass is 9.70. The van der Waals surface area contributed by atoms with Gasteiger partial charge in [0.15, 0.2) is 0 Å². The second kappa shape index (κ2) is 3.56. The summed E-state index contributed by atoms with van der Waals surface area (Å²) >= 11 is 0. The van der Waals surface area contributed by atoms with Gasteiger partial charge in [-0.1, -0.05) is 20.8 Å². The molecule has 2 saturated carbocycles. The molecular weight excluding hydrogens is 208 g/mol. The lowest BCUT2D eigenvalue weighted by Crippen LogP contribution is -2.43. The van der Waals surface area contributed by atoms with Crippen LogP contribution in [0.5, 0.6) is 0 Å². The van der Waals surface area contributed by atoms with Crippen molar-refractivity contribution in [1.29, 1.82) is 0 Å². The van der Waals surface area contributed by atoms with Crippen molar-refractivity contribution in [3.8, 4) is 0 Å². The molecule has 1 unspecified atom stereocenters. The maximum Gasteiger partial charge on any atom is 0.0613 e. The lowest BCUT2D eigenvalue weighted by molar-refractivity contribution is 0.0161. The molecule has 2 bridgehead atoms. The van der Waals surface area contributed by atoms with Crippen molar-refractivity contribution in [3.63, 3.8) is 0 Å². The third-order valence-electron chi connectivity index (χ3n) is 5.13. The summed E-state index contributed by atoms with van der Waals surface area (Å²) in [7, 11) is -0.757. The molecule has 0 aromatic rings. The zero-order chi connectivity index (χ0) is 11.3. The summed E-state index contributed by atoms with van der Waals surface area (Å²) in [6, 6.07) is 0. The average Bonchev–Trinajstić information content (AvgIpc) is 2.51. The first-order valence-corrected chi connectivity index (χ1v) is 7.46. The second-order valence-electron chi connectivity index (χ2n) is 5.74. The molecule has 0 aliphatic heterocycles. The van der Waals surface area contributed by atoms with Crippen molar-refractivity contribution in [2.24, 2.45) is 16.7 Å². The summed E-state index contributed by atoms with van der Waals surface area (Å²) < 4.78 is 11.8. The first kappa shape index (κ1) is 11.6. The standard InChI is InChI=1S/C12H22O2S/c1-4-15(14)8-12-6-5-9(7-10(12)13)11(12,2)3/h9-10,13H,4-8H2,1-3H3/t9-,10-,12-,15?/m1/s1. The number of aliphatic hydroxyl groups excluding tert-OH is 1. The quantitative estimate of drug-likeness (QED) is 0.804. The van der Waals surface area contributed by atoms with Gasteiger partial charge >= 0.3 is 0 Å². The maximum atomic E-state index is 11.8. The van der Waals surface area contributed by atoms with Crippen molar-refractivity contribution in [2.75, 3.05) is 11.5 Å². The number of hydrogen-bond donors (Lipinski definition) is 1. The molecule has 3 heteroatoms. The Morgan fingerprint density at radius 1 is 1.47 bits per heavy atom. The molecule has 1 N–H and O–H groups in total. The molecule has 4 atom stereocenters. The molecule has 2 aliphatic carbocycles. The molecule has 0 amide bonds. The van der Waals surface area contributed by atoms with E-state index in [0.29, 0.717) is 11.7 Å². The zero-order valence-electron chi connectivity index (χ0n) is 9.95. The zero-order valence-corrected chi connectivity index (χ0v) is 10.8. The van der Waals surface area contributed by atoms with E-state index in [1.54, 1.807) is 0 Å². The van der Waals surface area contributed by atoms with Gasteiger partial charge in [0.2, 0.25) is 0 Å². The van der Waals surface area contributed by atoms with Crippen LogP contribution in [0.25, 0.3) is 0 Å². The molecule has 0 aromatic carbocycles. The molecular formula is C12H22O2S. The Hall–Kier alpha value is 0.110. The van der Waals surface area contributed by atoms with Gasteiger partial charge in [-0.05, 0) is 30.6 Å². The van der Waals surface area contributed by atoms with E-state index in [1.807, 2.05) is 6.92 Å². The highest BCUT2D eigenvalue weighted by Gasteiger charge is 2.63. The predicted molar refractivity (Wildman–Crippen MR) is 63.1 cm³/mol. The Morgan fingerprint density at radius 2 is 2.13 bits per heavy atom. The lowest BCUT2D eigenvalue weighted by Gasteiger charge is -2.40. The van der Waals surface area contributed by atoms with Crippen molar-refractivity contribution in [3.05, 3.63) is 0 Å². The molecule has 0 aromatic heterocycles. The molecule has 2 nitrogen and oxygen atoms in total. The van der Waals surface area contributed by atoms with Gasteiger partial charge in [0.25, 0.3) is 0 Å². The minimum absolute atomic E-state index is 0.0570. The first-order chi connectivity index (χ1) is 6.94. The van der Waals surface area contributed by atoms with Crippen molar-refractivity contribution < 1.29 is 9.32 Å². The third-order valence-corrected chi connectivity index (χ3v) is 6.61. The van der Waals surface area contributed by atoms with E-state index in [9.17, 15) is 9.32 Å². The smallest absolute Gasteiger partial charge is 0.0613 e. The Kier molecular flexibility index (Phi) is 2.75. The van der Waals surface area contributed by atoms with Gasteiger partial charge in [0.1, 0.15) is 0 Å². The minimum atomic E-state index is -0.757. The number of fused-ring (bicyclic) bond motifs is 2. The topological polar surface area (TPSA) is 37.3 Å². The molecule has 0 radical (unpaired) electrons. The van der Waals surface area contributed by atoms with Crippen LogP contribution in [0.1, 0.15) is 40.0 Å². The SMILES string of the molecule is CCS(=O)C[C@]12CC[C@H](C[C@H]1O)C2(C)C. The number of hydrogen-bond acceptors (Lipinski definition) is 2. The maximum absolute atomic E-state index is 11.8. The fraction of sp³-hybridized carbons (Fsp3) is 1.00. The van der Waals surface area contributed by atoms with Crippen LogP contribution >= 0.6 is 0 Å². The van der Waals surface area contributed by atoms with Crippen LogP contribution in [-0.4, -0.2) is 26.9 Å². The summed E-state index contributed by atoms with van der Waals surface area (Å²) in [4.78, 5) is 0. The van der Waals surface area contributed by atoms with E-state index in [2.05, 4.69) is 13.8 Å². The van der Waals surface area contributed by atoms with Gasteiger partial charge in [-0.3, -0.25) is 4.21 Å². The monoisotopic (exact) mass is 230 g/mol. The van der Waals surface area contributed by atoms with Crippen LogP contribution in [0.4, 0.5) is 0 Å². The van der Waals surface area contributed by atoms with E-state index in [0.717, 1.165) is 18.6 Å². The van der Waals surface area contributed by atoms with Crippen LogP contribution in [0.15, 0.2) is 0 Å². The Labute approximate surface area is 94.9 Å². The molecule has 2 fully saturated rings. The highest BCUT2D eigenvalue weighted by molar-refractivity contribution is 7.84. The van der Waals surface area contributed by atoms with E-state index in [1.165, 1.54) is 6.42 Å². The van der Waals surface area contributed by atoms with E-state index < -0.39 is 10.8 Å². The summed E-state index contributed by atoms with van der Waals surface area (Å²) in [5, 5.41) is 10.2. The van der Waals surface area contributed by atoms with Crippen molar-refractivity contribution in [1.82, 2.24) is 0 Å². The van der Waals surface area contributed by atoms with Crippen molar-refractivity contribution >= 4 is 10.8 Å². The summed E-state index contributed by atoms with van der Waals surface area (Å²) in [6.45, 7) is 6.48. The molecule has 0 heterocycles. The van der Waals surface area contributed by atoms with Crippen LogP contribution in [-0.2, 0) is 10.8 Å². The first-order valence-electron chi connectivity index (χ1n) is 5.97. The molecule has 0 saturated heterocycles. The van der Waals surface area contributed by atoms with E-state index >= 15 is 0 Å². The van der Waals surface area contributed by atoms with Gasteiger partial charge < -0.3 is 5.11 Å². The normalized spacial score (nSPS) is 44.5. The molecule has 15 heavy (non-hydrogen) atoms. The van der Waals surface area contributed by atoms with Gasteiger partial charge in [0.05, 0.1) is 6.10 Å². The Morgan fingerprint density at radius 3 is 2.53 bits per heavy atom. The summed E-state index contributed by atoms with van der Waals surface area (Å²) in [6.07, 6.45) is 2.98. The predicted octanol–water partition coefficient (Wildman–Crippen LogP) is 1.94. The highest BCUT2D eigenvalue weighted by atomic mass is 32.2. The number of aliphatic hydroxyl groups is 1. The van der Waals surface area contributed by atoms with Gasteiger partial charge in [-0.2, -0.15) is 0 Å². The van der Waals surface area contributed by atoms with Crippen LogP contribution < -0.4 is 0 Å². The Bertz CT molecular complexity index is 287. The van der Waals surface area contributed by atoms with Crippen molar-refractivity contribution in [2.45, 2.75) is 46.1 Å². The summed E-state index contributed by atoms with van der Waals surface area (Å²) in [5.41, 5.74) is 0.121. The van der Waals surface area contributed by atoms with Crippen LogP contribution in [0.2, 0.25) is 0 Å². The van der Waals surface area contributed by atoms with Gasteiger partial charge in [0, 0.05) is 27.7 Å². The third kappa shape index (κ3) is 1.42. The van der Waals surface area contributed by atoms with Gasteiger partial charge in [-0.15, -0.1) is 0 Å². The molecule has 2 rings (SSSR count).